The topological polar surface area (TPSA) is 15.3 Å². The number of nitrogens with one attached hydrogen (secondary N) is 1. The van der Waals surface area contributed by atoms with Crippen molar-refractivity contribution >= 4 is 0 Å². The van der Waals surface area contributed by atoms with Crippen LogP contribution in [0.2, 0.25) is 0 Å². The van der Waals surface area contributed by atoms with Gasteiger partial charge in [-0.3, -0.25) is 0 Å². The van der Waals surface area contributed by atoms with E-state index in [-0.39, 0.29) is 5.54 Å². The molecule has 16 heavy (non-hydrogen) atoms. The third-order valence-electron chi connectivity index (χ3n) is 3.53. The maximum atomic E-state index is 3.58. The van der Waals surface area contributed by atoms with Gasteiger partial charge in [0.05, 0.1) is 0 Å². The summed E-state index contributed by atoms with van der Waals surface area (Å²) in [6, 6.07) is 0.734. The molecule has 1 heterocycles. The molecule has 0 amide bonds. The zero-order valence-corrected chi connectivity index (χ0v) is 11.8. The van der Waals surface area contributed by atoms with Crippen LogP contribution in [0, 0.1) is 5.92 Å². The van der Waals surface area contributed by atoms with Crippen LogP contribution in [0.3, 0.4) is 0 Å². The van der Waals surface area contributed by atoms with E-state index < -0.39 is 0 Å². The van der Waals surface area contributed by atoms with Gasteiger partial charge in [0.25, 0.3) is 0 Å². The number of piperidine rings is 1. The number of rotatable bonds is 4. The van der Waals surface area contributed by atoms with Crippen molar-refractivity contribution in [1.82, 2.24) is 10.2 Å². The lowest BCUT2D eigenvalue weighted by Gasteiger charge is -2.36. The highest BCUT2D eigenvalue weighted by Gasteiger charge is 2.20. The lowest BCUT2D eigenvalue weighted by molar-refractivity contribution is 0.131. The van der Waals surface area contributed by atoms with Crippen LogP contribution in [-0.4, -0.2) is 36.1 Å². The van der Waals surface area contributed by atoms with Gasteiger partial charge < -0.3 is 10.2 Å². The normalized spacial score (nSPS) is 25.7. The first-order valence-electron chi connectivity index (χ1n) is 6.87. The quantitative estimate of drug-likeness (QED) is 0.793. The minimum absolute atomic E-state index is 0.259. The fourth-order valence-corrected chi connectivity index (χ4v) is 2.46. The van der Waals surface area contributed by atoms with Crippen molar-refractivity contribution in [3.8, 4) is 0 Å². The molecule has 1 rings (SSSR count). The molecular weight excluding hydrogens is 196 g/mol. The van der Waals surface area contributed by atoms with E-state index in [4.69, 9.17) is 0 Å². The molecule has 0 bridgehead atoms. The molecule has 2 nitrogen and oxygen atoms in total. The van der Waals surface area contributed by atoms with Crippen molar-refractivity contribution in [3.63, 3.8) is 0 Å². The second-order valence-electron chi connectivity index (χ2n) is 6.56. The smallest absolute Gasteiger partial charge is 0.00965 e. The first-order chi connectivity index (χ1) is 7.38. The van der Waals surface area contributed by atoms with Gasteiger partial charge in [-0.1, -0.05) is 6.92 Å². The molecule has 0 aliphatic carbocycles. The molecule has 1 aliphatic rings. The minimum atomic E-state index is 0.259. The standard InChI is InChI=1S/C14H30N2/c1-12-7-6-10-16(11-12)13(2)8-9-15-14(3,4)5/h12-13,15H,6-11H2,1-5H3. The summed E-state index contributed by atoms with van der Waals surface area (Å²) in [5.74, 6) is 0.895. The predicted octanol–water partition coefficient (Wildman–Crippen LogP) is 2.89. The van der Waals surface area contributed by atoms with E-state index in [9.17, 15) is 0 Å². The summed E-state index contributed by atoms with van der Waals surface area (Å²) in [5.41, 5.74) is 0.259. The van der Waals surface area contributed by atoms with Crippen LogP contribution < -0.4 is 5.32 Å². The Morgan fingerprint density at radius 2 is 2.06 bits per heavy atom. The first-order valence-corrected chi connectivity index (χ1v) is 6.87. The van der Waals surface area contributed by atoms with E-state index in [1.54, 1.807) is 0 Å². The maximum absolute atomic E-state index is 3.58. The molecule has 1 saturated heterocycles. The third kappa shape index (κ3) is 5.31. The molecular formula is C14H30N2. The Hall–Kier alpha value is -0.0800. The summed E-state index contributed by atoms with van der Waals surface area (Å²) in [6.07, 6.45) is 4.08. The van der Waals surface area contributed by atoms with Crippen LogP contribution in [0.15, 0.2) is 0 Å². The van der Waals surface area contributed by atoms with E-state index in [0.29, 0.717) is 0 Å². The molecule has 1 fully saturated rings. The first kappa shape index (κ1) is 14.0. The van der Waals surface area contributed by atoms with Gasteiger partial charge in [-0.05, 0) is 66.0 Å². The Bertz CT molecular complexity index is 195. The van der Waals surface area contributed by atoms with Crippen molar-refractivity contribution in [2.75, 3.05) is 19.6 Å². The highest BCUT2D eigenvalue weighted by Crippen LogP contribution is 2.18. The highest BCUT2D eigenvalue weighted by molar-refractivity contribution is 4.77. The molecule has 0 radical (unpaired) electrons. The molecule has 0 spiro atoms. The molecule has 1 aliphatic heterocycles. The Kier molecular flexibility index (Phi) is 5.26. The largest absolute Gasteiger partial charge is 0.312 e. The third-order valence-corrected chi connectivity index (χ3v) is 3.53. The monoisotopic (exact) mass is 226 g/mol. The molecule has 2 atom stereocenters. The summed E-state index contributed by atoms with van der Waals surface area (Å²) in [7, 11) is 0. The average molecular weight is 226 g/mol. The van der Waals surface area contributed by atoms with Crippen LogP contribution in [0.5, 0.6) is 0 Å². The van der Waals surface area contributed by atoms with Gasteiger partial charge in [0, 0.05) is 18.1 Å². The number of hydrogen-bond donors (Lipinski definition) is 1. The van der Waals surface area contributed by atoms with Crippen LogP contribution in [0.1, 0.15) is 53.9 Å². The summed E-state index contributed by atoms with van der Waals surface area (Å²) < 4.78 is 0. The molecule has 0 saturated carbocycles. The minimum Gasteiger partial charge on any atom is -0.312 e. The van der Waals surface area contributed by atoms with E-state index in [1.165, 1.54) is 32.4 Å². The van der Waals surface area contributed by atoms with Gasteiger partial charge in [-0.25, -0.2) is 0 Å². The molecule has 1 N–H and O–H groups in total. The highest BCUT2D eigenvalue weighted by atomic mass is 15.2. The lowest BCUT2D eigenvalue weighted by atomic mass is 9.98. The van der Waals surface area contributed by atoms with Gasteiger partial charge in [0.1, 0.15) is 0 Å². The molecule has 2 unspecified atom stereocenters. The number of nitrogens with zero attached hydrogens (tertiary/aromatic N) is 1. The van der Waals surface area contributed by atoms with E-state index in [1.807, 2.05) is 0 Å². The summed E-state index contributed by atoms with van der Waals surface area (Å²) in [6.45, 7) is 15.2. The fraction of sp³-hybridized carbons (Fsp3) is 1.00. The van der Waals surface area contributed by atoms with E-state index >= 15 is 0 Å². The summed E-state index contributed by atoms with van der Waals surface area (Å²) >= 11 is 0. The van der Waals surface area contributed by atoms with Crippen molar-refractivity contribution < 1.29 is 0 Å². The summed E-state index contributed by atoms with van der Waals surface area (Å²) in [4.78, 5) is 2.67. The SMILES string of the molecule is CC1CCCN(C(C)CCNC(C)(C)C)C1. The van der Waals surface area contributed by atoms with Crippen molar-refractivity contribution in [2.24, 2.45) is 5.92 Å². The van der Waals surface area contributed by atoms with Crippen LogP contribution in [0.4, 0.5) is 0 Å². The Morgan fingerprint density at radius 3 is 2.62 bits per heavy atom. The van der Waals surface area contributed by atoms with Gasteiger partial charge in [0.2, 0.25) is 0 Å². The number of likely N-dealkylation sites (tertiary alicyclic amines) is 1. The fourth-order valence-electron chi connectivity index (χ4n) is 2.46. The van der Waals surface area contributed by atoms with Crippen molar-refractivity contribution in [1.29, 1.82) is 0 Å². The average Bonchev–Trinajstić information content (AvgIpc) is 2.15. The van der Waals surface area contributed by atoms with Gasteiger partial charge >= 0.3 is 0 Å². The molecule has 2 heteroatoms. The second kappa shape index (κ2) is 6.02. The van der Waals surface area contributed by atoms with Gasteiger partial charge in [-0.2, -0.15) is 0 Å². The predicted molar refractivity (Wildman–Crippen MR) is 71.8 cm³/mol. The second-order valence-corrected chi connectivity index (χ2v) is 6.56. The zero-order valence-electron chi connectivity index (χ0n) is 11.8. The van der Waals surface area contributed by atoms with Crippen molar-refractivity contribution in [3.05, 3.63) is 0 Å². The summed E-state index contributed by atoms with van der Waals surface area (Å²) in [5, 5.41) is 3.58. The Labute approximate surface area is 102 Å². The molecule has 0 aromatic heterocycles. The van der Waals surface area contributed by atoms with Crippen LogP contribution >= 0.6 is 0 Å². The number of hydrogen-bond acceptors (Lipinski definition) is 2. The van der Waals surface area contributed by atoms with Crippen molar-refractivity contribution in [2.45, 2.75) is 65.5 Å². The van der Waals surface area contributed by atoms with Gasteiger partial charge in [-0.15, -0.1) is 0 Å². The van der Waals surface area contributed by atoms with Crippen LogP contribution in [-0.2, 0) is 0 Å². The maximum Gasteiger partial charge on any atom is 0.00965 e. The zero-order chi connectivity index (χ0) is 12.2. The molecule has 96 valence electrons. The van der Waals surface area contributed by atoms with E-state index in [0.717, 1.165) is 18.5 Å². The Balaban J connectivity index is 2.21. The van der Waals surface area contributed by atoms with Crippen LogP contribution in [0.25, 0.3) is 0 Å². The molecule has 0 aromatic rings. The van der Waals surface area contributed by atoms with Gasteiger partial charge in [0.15, 0.2) is 0 Å². The Morgan fingerprint density at radius 1 is 1.38 bits per heavy atom. The lowest BCUT2D eigenvalue weighted by Crippen LogP contribution is -2.43. The van der Waals surface area contributed by atoms with E-state index in [2.05, 4.69) is 44.8 Å². The molecule has 0 aromatic carbocycles.